The Kier molecular flexibility index (Phi) is 2.89. The summed E-state index contributed by atoms with van der Waals surface area (Å²) in [7, 11) is 0. The summed E-state index contributed by atoms with van der Waals surface area (Å²) in [5.41, 5.74) is 4.84. The average Bonchev–Trinajstić information content (AvgIpc) is 2.57. The fraction of sp³-hybridized carbons (Fsp3) is 0.667. The van der Waals surface area contributed by atoms with Crippen LogP contribution in [0.4, 0.5) is 5.13 Å². The number of nitrogens with zero attached hydrogens (tertiary/aromatic N) is 3. The van der Waals surface area contributed by atoms with Crippen LogP contribution in [0.3, 0.4) is 0 Å². The molecule has 0 saturated heterocycles. The van der Waals surface area contributed by atoms with E-state index in [4.69, 9.17) is 5.73 Å². The van der Waals surface area contributed by atoms with Crippen molar-refractivity contribution in [2.45, 2.75) is 13.8 Å². The van der Waals surface area contributed by atoms with Crippen LogP contribution in [0, 0.1) is 5.41 Å². The minimum Gasteiger partial charge on any atom is -0.329 e. The molecule has 1 aromatic heterocycles. The normalized spacial score (nSPS) is 11.3. The molecule has 1 amide bonds. The van der Waals surface area contributed by atoms with Gasteiger partial charge in [0.2, 0.25) is 11.0 Å². The molecule has 0 saturated carbocycles. The van der Waals surface area contributed by atoms with Crippen molar-refractivity contribution in [1.29, 1.82) is 0 Å². The first kappa shape index (κ1) is 10.0. The van der Waals surface area contributed by atoms with Crippen LogP contribution in [0.2, 0.25) is 0 Å². The maximum Gasteiger partial charge on any atom is 0.233 e. The number of rotatable bonds is 3. The lowest BCUT2D eigenvalue weighted by molar-refractivity contribution is -0.123. The number of hydrogen-bond donors (Lipinski definition) is 2. The van der Waals surface area contributed by atoms with Crippen molar-refractivity contribution in [3.63, 3.8) is 0 Å². The maximum absolute atomic E-state index is 11.5. The van der Waals surface area contributed by atoms with E-state index in [1.54, 1.807) is 13.8 Å². The lowest BCUT2D eigenvalue weighted by atomic mass is 9.93. The lowest BCUT2D eigenvalue weighted by Gasteiger charge is -2.19. The van der Waals surface area contributed by atoms with E-state index in [-0.39, 0.29) is 12.5 Å². The van der Waals surface area contributed by atoms with Gasteiger partial charge in [-0.3, -0.25) is 10.1 Å². The Labute approximate surface area is 79.7 Å². The number of carbonyl (C=O) groups excluding carboxylic acids is 1. The van der Waals surface area contributed by atoms with E-state index in [9.17, 15) is 4.79 Å². The van der Waals surface area contributed by atoms with Gasteiger partial charge in [0.1, 0.15) is 0 Å². The van der Waals surface area contributed by atoms with Crippen LogP contribution < -0.4 is 11.1 Å². The van der Waals surface area contributed by atoms with Gasteiger partial charge >= 0.3 is 0 Å². The van der Waals surface area contributed by atoms with Gasteiger partial charge in [-0.1, -0.05) is 9.59 Å². The van der Waals surface area contributed by atoms with Gasteiger partial charge in [0.05, 0.1) is 5.41 Å². The van der Waals surface area contributed by atoms with Crippen LogP contribution in [-0.2, 0) is 4.79 Å². The first-order valence-corrected chi connectivity index (χ1v) is 4.50. The summed E-state index contributed by atoms with van der Waals surface area (Å²) in [5.74, 6) is -0.173. The molecule has 0 unspecified atom stereocenters. The molecule has 0 aliphatic carbocycles. The first-order valence-electron chi connectivity index (χ1n) is 3.73. The number of amides is 1. The topological polar surface area (TPSA) is 93.8 Å². The molecule has 3 N–H and O–H groups in total. The van der Waals surface area contributed by atoms with E-state index >= 15 is 0 Å². The van der Waals surface area contributed by atoms with Gasteiger partial charge in [-0.25, -0.2) is 0 Å². The Balaban J connectivity index is 2.61. The maximum atomic E-state index is 11.5. The van der Waals surface area contributed by atoms with Crippen LogP contribution in [0.5, 0.6) is 0 Å². The first-order chi connectivity index (χ1) is 6.06. The van der Waals surface area contributed by atoms with Gasteiger partial charge in [0.15, 0.2) is 0 Å². The van der Waals surface area contributed by atoms with Crippen LogP contribution in [-0.4, -0.2) is 27.3 Å². The third-order valence-electron chi connectivity index (χ3n) is 1.64. The molecule has 72 valence electrons. The number of nitrogens with one attached hydrogen (secondary N) is 1. The van der Waals surface area contributed by atoms with E-state index in [1.807, 2.05) is 0 Å². The van der Waals surface area contributed by atoms with Crippen molar-refractivity contribution >= 4 is 22.6 Å². The third-order valence-corrected chi connectivity index (χ3v) is 2.16. The molecule has 0 fully saturated rings. The van der Waals surface area contributed by atoms with Crippen LogP contribution in [0.25, 0.3) is 0 Å². The second-order valence-corrected chi connectivity index (χ2v) is 3.94. The Bertz CT molecular complexity index is 283. The zero-order valence-electron chi connectivity index (χ0n) is 7.44. The highest BCUT2D eigenvalue weighted by atomic mass is 32.1. The fourth-order valence-electron chi connectivity index (χ4n) is 0.541. The highest BCUT2D eigenvalue weighted by molar-refractivity contribution is 7.09. The molecule has 1 rings (SSSR count). The predicted molar refractivity (Wildman–Crippen MR) is 49.2 cm³/mol. The highest BCUT2D eigenvalue weighted by Crippen LogP contribution is 2.16. The molecule has 0 bridgehead atoms. The van der Waals surface area contributed by atoms with Gasteiger partial charge < -0.3 is 5.73 Å². The molecule has 0 aromatic carbocycles. The van der Waals surface area contributed by atoms with Gasteiger partial charge in [-0.2, -0.15) is 0 Å². The van der Waals surface area contributed by atoms with Crippen molar-refractivity contribution in [3.05, 3.63) is 0 Å². The van der Waals surface area contributed by atoms with Crippen LogP contribution in [0.15, 0.2) is 0 Å². The minimum absolute atomic E-state index is 0.173. The summed E-state index contributed by atoms with van der Waals surface area (Å²) in [6.45, 7) is 3.80. The van der Waals surface area contributed by atoms with E-state index in [2.05, 4.69) is 20.1 Å². The smallest absolute Gasteiger partial charge is 0.233 e. The molecule has 0 aliphatic heterocycles. The van der Waals surface area contributed by atoms with Crippen LogP contribution in [0.1, 0.15) is 13.8 Å². The monoisotopic (exact) mass is 201 g/mol. The highest BCUT2D eigenvalue weighted by Gasteiger charge is 2.26. The number of aromatic nitrogens is 3. The van der Waals surface area contributed by atoms with Gasteiger partial charge in [-0.05, 0) is 19.1 Å². The third kappa shape index (κ3) is 2.43. The molecule has 0 aliphatic rings. The van der Waals surface area contributed by atoms with Crippen molar-refractivity contribution in [2.75, 3.05) is 11.9 Å². The summed E-state index contributed by atoms with van der Waals surface area (Å²) in [6, 6.07) is 0. The van der Waals surface area contributed by atoms with E-state index in [0.29, 0.717) is 5.13 Å². The second-order valence-electron chi connectivity index (χ2n) is 3.21. The summed E-state index contributed by atoms with van der Waals surface area (Å²) >= 11 is 1.03. The molecule has 6 nitrogen and oxygen atoms in total. The number of carbonyl (C=O) groups is 1. The van der Waals surface area contributed by atoms with Crippen molar-refractivity contribution < 1.29 is 4.79 Å². The number of nitrogens with two attached hydrogens (primary N) is 1. The summed E-state index contributed by atoms with van der Waals surface area (Å²) in [5, 5.41) is 9.92. The number of anilines is 1. The standard InChI is InChI=1S/C6H11N5OS/c1-6(2,3-7)4(12)8-5-9-10-11-13-5/h3,7H2,1-2H3,(H,8,9,11,12). The molecule has 0 spiro atoms. The fourth-order valence-corrected chi connectivity index (χ4v) is 0.903. The van der Waals surface area contributed by atoms with Gasteiger partial charge in [0.25, 0.3) is 0 Å². The van der Waals surface area contributed by atoms with Crippen molar-refractivity contribution in [3.8, 4) is 0 Å². The molecule has 7 heteroatoms. The van der Waals surface area contributed by atoms with E-state index in [0.717, 1.165) is 11.5 Å². The summed E-state index contributed by atoms with van der Waals surface area (Å²) < 4.78 is 3.52. The Morgan fingerprint density at radius 3 is 2.85 bits per heavy atom. The van der Waals surface area contributed by atoms with Crippen molar-refractivity contribution in [1.82, 2.24) is 14.8 Å². The average molecular weight is 201 g/mol. The lowest BCUT2D eigenvalue weighted by Crippen LogP contribution is -2.37. The molecular weight excluding hydrogens is 190 g/mol. The Hall–Kier alpha value is -1.08. The van der Waals surface area contributed by atoms with E-state index in [1.165, 1.54) is 0 Å². The summed E-state index contributed by atoms with van der Waals surface area (Å²) in [4.78, 5) is 11.5. The van der Waals surface area contributed by atoms with Gasteiger partial charge in [0, 0.05) is 18.1 Å². The zero-order chi connectivity index (χ0) is 9.90. The largest absolute Gasteiger partial charge is 0.329 e. The quantitative estimate of drug-likeness (QED) is 0.709. The van der Waals surface area contributed by atoms with E-state index < -0.39 is 5.41 Å². The zero-order valence-corrected chi connectivity index (χ0v) is 8.26. The van der Waals surface area contributed by atoms with Crippen LogP contribution >= 0.6 is 11.5 Å². The number of hydrogen-bond acceptors (Lipinski definition) is 6. The molecule has 0 atom stereocenters. The Morgan fingerprint density at radius 2 is 2.38 bits per heavy atom. The molecule has 13 heavy (non-hydrogen) atoms. The summed E-state index contributed by atoms with van der Waals surface area (Å²) in [6.07, 6.45) is 0. The molecule has 1 heterocycles. The predicted octanol–water partition coefficient (Wildman–Crippen LogP) is -0.144. The Morgan fingerprint density at radius 1 is 1.69 bits per heavy atom. The molecule has 0 radical (unpaired) electrons. The SMILES string of the molecule is CC(C)(CN)C(=O)Nc1nnns1. The molecular formula is C6H11N5OS. The van der Waals surface area contributed by atoms with Gasteiger partial charge in [-0.15, -0.1) is 0 Å². The van der Waals surface area contributed by atoms with Crippen molar-refractivity contribution in [2.24, 2.45) is 11.1 Å². The minimum atomic E-state index is -0.592. The second kappa shape index (κ2) is 3.75. The molecule has 1 aromatic rings.